The van der Waals surface area contributed by atoms with Gasteiger partial charge in [0.1, 0.15) is 13.2 Å². The van der Waals surface area contributed by atoms with Crippen molar-refractivity contribution in [2.75, 3.05) is 13.2 Å². The molecule has 6 heteroatoms. The van der Waals surface area contributed by atoms with Crippen molar-refractivity contribution in [1.29, 1.82) is 0 Å². The van der Waals surface area contributed by atoms with E-state index < -0.39 is 6.10 Å². The highest BCUT2D eigenvalue weighted by Crippen LogP contribution is 2.15. The van der Waals surface area contributed by atoms with Crippen molar-refractivity contribution in [3.05, 3.63) is 85.1 Å². The number of rotatable bonds is 55. The van der Waals surface area contributed by atoms with Crippen LogP contribution in [-0.2, 0) is 28.6 Å². The minimum absolute atomic E-state index is 0.0906. The van der Waals surface area contributed by atoms with Crippen molar-refractivity contribution in [1.82, 2.24) is 0 Å². The number of esters is 3. The van der Waals surface area contributed by atoms with E-state index in [-0.39, 0.29) is 31.1 Å². The first kappa shape index (κ1) is 68.6. The van der Waals surface area contributed by atoms with Crippen LogP contribution in [0, 0.1) is 0 Å². The maximum absolute atomic E-state index is 12.9. The highest BCUT2D eigenvalue weighted by molar-refractivity contribution is 5.71. The van der Waals surface area contributed by atoms with Gasteiger partial charge in [0.25, 0.3) is 0 Å². The molecule has 414 valence electrons. The van der Waals surface area contributed by atoms with Gasteiger partial charge in [0.15, 0.2) is 6.10 Å². The number of hydrogen-bond acceptors (Lipinski definition) is 6. The van der Waals surface area contributed by atoms with E-state index in [1.807, 2.05) is 0 Å². The number of hydrogen-bond donors (Lipinski definition) is 0. The molecule has 72 heavy (non-hydrogen) atoms. The Labute approximate surface area is 445 Å². The SMILES string of the molecule is CCCCC/C=C\CCCCCCCC(=O)OCC(COC(=O)CCCCCCCC/C=C\C/C=C\C/C=C\CCCCCCC)OC(=O)CCCCCCCC/C=C\C/C=C\C/C=C\CCCCCCC. The van der Waals surface area contributed by atoms with Gasteiger partial charge >= 0.3 is 17.9 Å². The van der Waals surface area contributed by atoms with Crippen LogP contribution in [0.3, 0.4) is 0 Å². The topological polar surface area (TPSA) is 78.9 Å². The van der Waals surface area contributed by atoms with Crippen LogP contribution in [0.5, 0.6) is 0 Å². The van der Waals surface area contributed by atoms with Gasteiger partial charge in [0, 0.05) is 19.3 Å². The van der Waals surface area contributed by atoms with E-state index in [4.69, 9.17) is 14.2 Å². The molecule has 1 unspecified atom stereocenters. The van der Waals surface area contributed by atoms with Crippen LogP contribution in [0.1, 0.15) is 297 Å². The van der Waals surface area contributed by atoms with Crippen molar-refractivity contribution < 1.29 is 28.6 Å². The maximum atomic E-state index is 12.9. The molecule has 6 nitrogen and oxygen atoms in total. The van der Waals surface area contributed by atoms with E-state index in [9.17, 15) is 14.4 Å². The molecule has 0 radical (unpaired) electrons. The monoisotopic (exact) mass is 1000 g/mol. The fourth-order valence-corrected chi connectivity index (χ4v) is 8.45. The van der Waals surface area contributed by atoms with Gasteiger partial charge in [0.05, 0.1) is 0 Å². The van der Waals surface area contributed by atoms with Gasteiger partial charge in [-0.3, -0.25) is 14.4 Å². The van der Waals surface area contributed by atoms with Gasteiger partial charge in [-0.1, -0.05) is 241 Å². The van der Waals surface area contributed by atoms with E-state index in [0.29, 0.717) is 19.3 Å². The summed E-state index contributed by atoms with van der Waals surface area (Å²) < 4.78 is 16.9. The molecule has 0 aromatic rings. The summed E-state index contributed by atoms with van der Waals surface area (Å²) in [5, 5.41) is 0. The van der Waals surface area contributed by atoms with Crippen molar-refractivity contribution >= 4 is 17.9 Å². The predicted molar refractivity (Wildman–Crippen MR) is 311 cm³/mol. The summed E-state index contributed by atoms with van der Waals surface area (Å²) in [5.74, 6) is -0.917. The van der Waals surface area contributed by atoms with Gasteiger partial charge in [-0.15, -0.1) is 0 Å². The number of carbonyl (C=O) groups excluding carboxylic acids is 3. The molecular weight excluding hydrogens is 889 g/mol. The maximum Gasteiger partial charge on any atom is 0.306 e. The molecule has 0 amide bonds. The number of carbonyl (C=O) groups is 3. The lowest BCUT2D eigenvalue weighted by molar-refractivity contribution is -0.167. The summed E-state index contributed by atoms with van der Waals surface area (Å²) in [7, 11) is 0. The second-order valence-electron chi connectivity index (χ2n) is 20.2. The lowest BCUT2D eigenvalue weighted by atomic mass is 10.1. The van der Waals surface area contributed by atoms with E-state index in [2.05, 4.69) is 106 Å². The minimum atomic E-state index is -0.794. The molecule has 0 spiro atoms. The molecule has 0 rings (SSSR count). The molecule has 0 aromatic carbocycles. The van der Waals surface area contributed by atoms with Gasteiger partial charge < -0.3 is 14.2 Å². The number of allylic oxidation sites excluding steroid dienone is 14. The molecule has 0 heterocycles. The van der Waals surface area contributed by atoms with E-state index in [0.717, 1.165) is 109 Å². The molecule has 0 saturated carbocycles. The summed E-state index contributed by atoms with van der Waals surface area (Å²) in [6.45, 7) is 6.58. The zero-order chi connectivity index (χ0) is 52.2. The normalized spacial score (nSPS) is 12.7. The van der Waals surface area contributed by atoms with Crippen molar-refractivity contribution in [3.8, 4) is 0 Å². The van der Waals surface area contributed by atoms with Crippen LogP contribution in [0.15, 0.2) is 85.1 Å². The third-order valence-corrected chi connectivity index (χ3v) is 13.1. The molecule has 0 N–H and O–H groups in total. The van der Waals surface area contributed by atoms with Crippen LogP contribution in [0.2, 0.25) is 0 Å². The Bertz CT molecular complexity index is 1380. The molecule has 0 aliphatic heterocycles. The molecule has 0 aliphatic rings. The van der Waals surface area contributed by atoms with Crippen LogP contribution in [-0.4, -0.2) is 37.2 Å². The Morgan fingerprint density at radius 1 is 0.278 bits per heavy atom. The summed E-state index contributed by atoms with van der Waals surface area (Å²) in [6.07, 6.45) is 78.6. The average molecular weight is 1000 g/mol. The smallest absolute Gasteiger partial charge is 0.306 e. The first-order valence-electron chi connectivity index (χ1n) is 30.6. The fourth-order valence-electron chi connectivity index (χ4n) is 8.45. The molecule has 0 bridgehead atoms. The number of ether oxygens (including phenoxy) is 3. The highest BCUT2D eigenvalue weighted by atomic mass is 16.6. The predicted octanol–water partition coefficient (Wildman–Crippen LogP) is 20.7. The van der Waals surface area contributed by atoms with Gasteiger partial charge in [-0.05, 0) is 122 Å². The van der Waals surface area contributed by atoms with E-state index in [1.54, 1.807) is 0 Å². The first-order chi connectivity index (χ1) is 35.5. The third-order valence-electron chi connectivity index (χ3n) is 13.1. The Morgan fingerprint density at radius 3 is 0.819 bits per heavy atom. The second kappa shape index (κ2) is 60.1. The molecule has 1 atom stereocenters. The lowest BCUT2D eigenvalue weighted by Gasteiger charge is -2.18. The molecular formula is C66H114O6. The largest absolute Gasteiger partial charge is 0.462 e. The summed E-state index contributed by atoms with van der Waals surface area (Å²) in [5.41, 5.74) is 0. The Morgan fingerprint density at radius 2 is 0.500 bits per heavy atom. The van der Waals surface area contributed by atoms with E-state index >= 15 is 0 Å². The van der Waals surface area contributed by atoms with Gasteiger partial charge in [-0.25, -0.2) is 0 Å². The minimum Gasteiger partial charge on any atom is -0.462 e. The van der Waals surface area contributed by atoms with Crippen molar-refractivity contribution in [2.24, 2.45) is 0 Å². The fraction of sp³-hybridized carbons (Fsp3) is 0.742. The zero-order valence-corrected chi connectivity index (χ0v) is 47.4. The van der Waals surface area contributed by atoms with Gasteiger partial charge in [-0.2, -0.15) is 0 Å². The van der Waals surface area contributed by atoms with E-state index in [1.165, 1.54) is 148 Å². The Kier molecular flexibility index (Phi) is 57.3. The van der Waals surface area contributed by atoms with Crippen molar-refractivity contribution in [3.63, 3.8) is 0 Å². The second-order valence-corrected chi connectivity index (χ2v) is 20.2. The molecule has 0 aliphatic carbocycles. The lowest BCUT2D eigenvalue weighted by Crippen LogP contribution is -2.30. The molecule has 0 fully saturated rings. The van der Waals surface area contributed by atoms with Crippen molar-refractivity contribution in [2.45, 2.75) is 303 Å². The first-order valence-corrected chi connectivity index (χ1v) is 30.6. The van der Waals surface area contributed by atoms with Crippen LogP contribution < -0.4 is 0 Å². The third kappa shape index (κ3) is 57.5. The average Bonchev–Trinajstić information content (AvgIpc) is 3.38. The highest BCUT2D eigenvalue weighted by Gasteiger charge is 2.19. The zero-order valence-electron chi connectivity index (χ0n) is 47.4. The summed E-state index contributed by atoms with van der Waals surface area (Å²) in [4.78, 5) is 38.2. The standard InChI is InChI=1S/C66H114O6/c1-4-7-10-13-16-19-22-25-27-29-31-33-35-37-39-41-44-47-50-53-56-59-65(68)71-62-63(61-70-64(67)58-55-52-49-46-43-24-21-18-15-12-9-6-3)72-66(69)60-57-54-51-48-45-42-40-38-36-34-32-30-28-26-23-20-17-14-11-8-5-2/h18,21-23,25-26,29-32,35-38,63H,4-17,19-20,24,27-28,33-34,39-62H2,1-3H3/b21-18-,25-22-,26-23-,31-29-,32-30-,37-35-,38-36-. The van der Waals surface area contributed by atoms with Crippen LogP contribution in [0.25, 0.3) is 0 Å². The molecule has 0 aromatic heterocycles. The summed E-state index contributed by atoms with van der Waals surface area (Å²) >= 11 is 0. The quantitative estimate of drug-likeness (QED) is 0.0261. The Balaban J connectivity index is 4.40. The van der Waals surface area contributed by atoms with Gasteiger partial charge in [0.2, 0.25) is 0 Å². The number of unbranched alkanes of at least 4 members (excludes halogenated alkanes) is 30. The van der Waals surface area contributed by atoms with Crippen LogP contribution >= 0.6 is 0 Å². The Hall–Kier alpha value is -3.41. The summed E-state index contributed by atoms with van der Waals surface area (Å²) in [6, 6.07) is 0. The molecule has 0 saturated heterocycles. The van der Waals surface area contributed by atoms with Crippen LogP contribution in [0.4, 0.5) is 0 Å².